The van der Waals surface area contributed by atoms with E-state index in [1.165, 1.54) is 0 Å². The predicted molar refractivity (Wildman–Crippen MR) is 93.3 cm³/mol. The van der Waals surface area contributed by atoms with E-state index in [0.29, 0.717) is 19.0 Å². The molecule has 2 aromatic carbocycles. The van der Waals surface area contributed by atoms with Crippen molar-refractivity contribution in [1.29, 1.82) is 0 Å². The topological polar surface area (TPSA) is 65.4 Å². The van der Waals surface area contributed by atoms with Crippen LogP contribution in [0.1, 0.15) is 5.56 Å². The van der Waals surface area contributed by atoms with Gasteiger partial charge in [0.1, 0.15) is 13.2 Å². The molecule has 1 aromatic heterocycles. The van der Waals surface area contributed by atoms with Crippen LogP contribution < -0.4 is 14.8 Å². The number of benzene rings is 2. The normalized spacial score (nSPS) is 12.6. The molecule has 0 aliphatic carbocycles. The number of anilines is 1. The van der Waals surface area contributed by atoms with Crippen LogP contribution in [0.5, 0.6) is 11.5 Å². The molecule has 6 heteroatoms. The van der Waals surface area contributed by atoms with Crippen LogP contribution in [0.2, 0.25) is 0 Å². The third-order valence-corrected chi connectivity index (χ3v) is 3.89. The maximum absolute atomic E-state index is 12.3. The van der Waals surface area contributed by atoms with E-state index in [-0.39, 0.29) is 12.3 Å². The van der Waals surface area contributed by atoms with Gasteiger partial charge in [-0.3, -0.25) is 4.79 Å². The predicted octanol–water partition coefficient (Wildman–Crippen LogP) is 2.82. The van der Waals surface area contributed by atoms with Gasteiger partial charge in [0, 0.05) is 18.1 Å². The van der Waals surface area contributed by atoms with Crippen LogP contribution >= 0.6 is 0 Å². The van der Waals surface area contributed by atoms with Crippen LogP contribution in [0.4, 0.5) is 5.69 Å². The summed E-state index contributed by atoms with van der Waals surface area (Å²) in [4.78, 5) is 12.3. The molecule has 4 rings (SSSR count). The number of rotatable bonds is 4. The summed E-state index contributed by atoms with van der Waals surface area (Å²) >= 11 is 0. The van der Waals surface area contributed by atoms with Crippen LogP contribution in [0.25, 0.3) is 5.69 Å². The highest BCUT2D eigenvalue weighted by molar-refractivity contribution is 5.92. The number of hydrogen-bond donors (Lipinski definition) is 1. The fourth-order valence-corrected chi connectivity index (χ4v) is 2.71. The molecule has 0 saturated heterocycles. The first-order valence-electron chi connectivity index (χ1n) is 8.06. The Morgan fingerprint density at radius 3 is 2.64 bits per heavy atom. The van der Waals surface area contributed by atoms with Gasteiger partial charge < -0.3 is 14.8 Å². The van der Waals surface area contributed by atoms with Crippen LogP contribution in [-0.4, -0.2) is 28.9 Å². The summed E-state index contributed by atoms with van der Waals surface area (Å²) in [5, 5.41) is 7.08. The second-order valence-corrected chi connectivity index (χ2v) is 5.70. The van der Waals surface area contributed by atoms with Gasteiger partial charge in [0.2, 0.25) is 5.91 Å². The summed E-state index contributed by atoms with van der Waals surface area (Å²) in [5.74, 6) is 1.34. The number of ether oxygens (including phenoxy) is 2. The Hall–Kier alpha value is -3.28. The number of fused-ring (bicyclic) bond motifs is 1. The molecule has 25 heavy (non-hydrogen) atoms. The second-order valence-electron chi connectivity index (χ2n) is 5.70. The Morgan fingerprint density at radius 1 is 1.08 bits per heavy atom. The minimum Gasteiger partial charge on any atom is -0.486 e. The molecule has 126 valence electrons. The van der Waals surface area contributed by atoms with Crippen LogP contribution in [-0.2, 0) is 11.2 Å². The molecule has 0 bridgehead atoms. The van der Waals surface area contributed by atoms with E-state index in [1.807, 2.05) is 54.7 Å². The molecule has 1 aliphatic heterocycles. The lowest BCUT2D eigenvalue weighted by molar-refractivity contribution is -0.115. The lowest BCUT2D eigenvalue weighted by Crippen LogP contribution is -2.17. The first-order valence-corrected chi connectivity index (χ1v) is 8.06. The molecule has 2 heterocycles. The minimum absolute atomic E-state index is 0.0801. The molecule has 0 atom stereocenters. The smallest absolute Gasteiger partial charge is 0.228 e. The van der Waals surface area contributed by atoms with Crippen molar-refractivity contribution < 1.29 is 14.3 Å². The van der Waals surface area contributed by atoms with Crippen molar-refractivity contribution >= 4 is 11.6 Å². The third-order valence-electron chi connectivity index (χ3n) is 3.89. The van der Waals surface area contributed by atoms with E-state index >= 15 is 0 Å². The molecule has 6 nitrogen and oxygen atoms in total. The second kappa shape index (κ2) is 6.68. The SMILES string of the molecule is O=C(Cc1ccc2c(c1)OCCO2)Nc1ccc(-n2cccn2)cc1. The molecule has 3 aromatic rings. The summed E-state index contributed by atoms with van der Waals surface area (Å²) in [7, 11) is 0. The molecule has 0 radical (unpaired) electrons. The van der Waals surface area contributed by atoms with Gasteiger partial charge >= 0.3 is 0 Å². The van der Waals surface area contributed by atoms with Crippen molar-refractivity contribution in [2.75, 3.05) is 18.5 Å². The molecule has 0 fully saturated rings. The average molecular weight is 335 g/mol. The third kappa shape index (κ3) is 3.47. The summed E-state index contributed by atoms with van der Waals surface area (Å²) in [5.41, 5.74) is 2.57. The molecule has 0 saturated carbocycles. The van der Waals surface area contributed by atoms with E-state index in [4.69, 9.17) is 9.47 Å². The van der Waals surface area contributed by atoms with Crippen LogP contribution in [0.3, 0.4) is 0 Å². The summed E-state index contributed by atoms with van der Waals surface area (Å²) in [6, 6.07) is 15.0. The molecular formula is C19H17N3O3. The number of hydrogen-bond acceptors (Lipinski definition) is 4. The highest BCUT2D eigenvalue weighted by Gasteiger charge is 2.13. The number of carbonyl (C=O) groups excluding carboxylic acids is 1. The van der Waals surface area contributed by atoms with Gasteiger partial charge in [-0.2, -0.15) is 5.10 Å². The molecule has 1 aliphatic rings. The van der Waals surface area contributed by atoms with Gasteiger partial charge in [-0.05, 0) is 48.0 Å². The number of carbonyl (C=O) groups is 1. The summed E-state index contributed by atoms with van der Waals surface area (Å²) in [6.07, 6.45) is 3.87. The Balaban J connectivity index is 1.40. The first kappa shape index (κ1) is 15.3. The Bertz CT molecular complexity index is 873. The van der Waals surface area contributed by atoms with Crippen LogP contribution in [0, 0.1) is 0 Å². The maximum Gasteiger partial charge on any atom is 0.228 e. The zero-order valence-corrected chi connectivity index (χ0v) is 13.5. The quantitative estimate of drug-likeness (QED) is 0.796. The molecular weight excluding hydrogens is 318 g/mol. The van der Waals surface area contributed by atoms with E-state index < -0.39 is 0 Å². The fraction of sp³-hybridized carbons (Fsp3) is 0.158. The van der Waals surface area contributed by atoms with Gasteiger partial charge in [0.15, 0.2) is 11.5 Å². The lowest BCUT2D eigenvalue weighted by atomic mass is 10.1. The Kier molecular flexibility index (Phi) is 4.08. The van der Waals surface area contributed by atoms with Crippen molar-refractivity contribution in [2.45, 2.75) is 6.42 Å². The number of nitrogens with zero attached hydrogens (tertiary/aromatic N) is 2. The van der Waals surface area contributed by atoms with Crippen molar-refractivity contribution in [2.24, 2.45) is 0 Å². The average Bonchev–Trinajstić information content (AvgIpc) is 3.17. The fourth-order valence-electron chi connectivity index (χ4n) is 2.71. The van der Waals surface area contributed by atoms with E-state index in [0.717, 1.165) is 22.7 Å². The van der Waals surface area contributed by atoms with Crippen LogP contribution in [0.15, 0.2) is 60.9 Å². The molecule has 0 spiro atoms. The van der Waals surface area contributed by atoms with Crippen molar-refractivity contribution in [1.82, 2.24) is 9.78 Å². The number of nitrogens with one attached hydrogen (secondary N) is 1. The van der Waals surface area contributed by atoms with Gasteiger partial charge in [-0.15, -0.1) is 0 Å². The van der Waals surface area contributed by atoms with Gasteiger partial charge in [0.05, 0.1) is 12.1 Å². The summed E-state index contributed by atoms with van der Waals surface area (Å²) < 4.78 is 12.8. The van der Waals surface area contributed by atoms with Crippen molar-refractivity contribution in [3.8, 4) is 17.2 Å². The Morgan fingerprint density at radius 2 is 1.88 bits per heavy atom. The van der Waals surface area contributed by atoms with Gasteiger partial charge in [-0.25, -0.2) is 4.68 Å². The van der Waals surface area contributed by atoms with Crippen molar-refractivity contribution in [3.63, 3.8) is 0 Å². The largest absolute Gasteiger partial charge is 0.486 e. The molecule has 0 unspecified atom stereocenters. The number of aromatic nitrogens is 2. The maximum atomic E-state index is 12.3. The zero-order chi connectivity index (χ0) is 17.1. The van der Waals surface area contributed by atoms with E-state index in [9.17, 15) is 4.79 Å². The first-order chi connectivity index (χ1) is 12.3. The Labute approximate surface area is 145 Å². The number of amides is 1. The lowest BCUT2D eigenvalue weighted by Gasteiger charge is -2.18. The van der Waals surface area contributed by atoms with Crippen molar-refractivity contribution in [3.05, 3.63) is 66.5 Å². The highest BCUT2D eigenvalue weighted by Crippen LogP contribution is 2.30. The standard InChI is InChI=1S/C19H17N3O3/c23-19(13-14-2-7-17-18(12-14)25-11-10-24-17)21-15-3-5-16(6-4-15)22-9-1-8-20-22/h1-9,12H,10-11,13H2,(H,21,23). The zero-order valence-electron chi connectivity index (χ0n) is 13.5. The highest BCUT2D eigenvalue weighted by atomic mass is 16.6. The van der Waals surface area contributed by atoms with Gasteiger partial charge in [-0.1, -0.05) is 6.07 Å². The molecule has 1 N–H and O–H groups in total. The minimum atomic E-state index is -0.0801. The van der Waals surface area contributed by atoms with Gasteiger partial charge in [0.25, 0.3) is 0 Å². The summed E-state index contributed by atoms with van der Waals surface area (Å²) in [6.45, 7) is 1.09. The monoisotopic (exact) mass is 335 g/mol. The molecule has 1 amide bonds. The van der Waals surface area contributed by atoms with E-state index in [2.05, 4.69) is 10.4 Å². The van der Waals surface area contributed by atoms with E-state index in [1.54, 1.807) is 10.9 Å².